The van der Waals surface area contributed by atoms with Crippen molar-refractivity contribution in [1.82, 2.24) is 5.32 Å². The Bertz CT molecular complexity index is 354. The van der Waals surface area contributed by atoms with Crippen LogP contribution in [0.25, 0.3) is 0 Å². The molecule has 1 aromatic rings. The average molecular weight is 232 g/mol. The van der Waals surface area contributed by atoms with Gasteiger partial charge in [0.05, 0.1) is 0 Å². The van der Waals surface area contributed by atoms with Gasteiger partial charge < -0.3 is 11.1 Å². The molecule has 1 aliphatic carbocycles. The minimum atomic E-state index is 0.405. The van der Waals surface area contributed by atoms with Crippen molar-refractivity contribution in [2.24, 2.45) is 0 Å². The SMILES string of the molecule is CC1(NCCCc2ccccc2N)CCCC1. The van der Waals surface area contributed by atoms with Crippen LogP contribution in [0.5, 0.6) is 0 Å². The zero-order chi connectivity index (χ0) is 12.1. The molecule has 3 N–H and O–H groups in total. The van der Waals surface area contributed by atoms with Crippen LogP contribution in [-0.4, -0.2) is 12.1 Å². The fourth-order valence-electron chi connectivity index (χ4n) is 2.76. The van der Waals surface area contributed by atoms with E-state index in [2.05, 4.69) is 24.4 Å². The van der Waals surface area contributed by atoms with Gasteiger partial charge in [-0.2, -0.15) is 0 Å². The molecule has 0 bridgehead atoms. The lowest BCUT2D eigenvalue weighted by molar-refractivity contribution is 0.363. The van der Waals surface area contributed by atoms with Crippen LogP contribution < -0.4 is 11.1 Å². The maximum Gasteiger partial charge on any atom is 0.0346 e. The number of hydrogen-bond acceptors (Lipinski definition) is 2. The fourth-order valence-corrected chi connectivity index (χ4v) is 2.76. The summed E-state index contributed by atoms with van der Waals surface area (Å²) in [5, 5.41) is 3.71. The molecule has 2 nitrogen and oxygen atoms in total. The molecule has 1 aliphatic rings. The predicted octanol–water partition coefficient (Wildman–Crippen LogP) is 3.12. The van der Waals surface area contributed by atoms with E-state index in [0.717, 1.165) is 18.7 Å². The summed E-state index contributed by atoms with van der Waals surface area (Å²) in [5.74, 6) is 0. The molecule has 0 heterocycles. The third-order valence-corrected chi connectivity index (χ3v) is 3.94. The summed E-state index contributed by atoms with van der Waals surface area (Å²) in [6.45, 7) is 3.46. The second-order valence-electron chi connectivity index (χ2n) is 5.50. The number of rotatable bonds is 5. The Labute approximate surface area is 105 Å². The highest BCUT2D eigenvalue weighted by molar-refractivity contribution is 5.46. The Morgan fingerprint density at radius 3 is 2.65 bits per heavy atom. The van der Waals surface area contributed by atoms with Crippen LogP contribution in [0.1, 0.15) is 44.6 Å². The van der Waals surface area contributed by atoms with E-state index >= 15 is 0 Å². The third kappa shape index (κ3) is 3.47. The molecular weight excluding hydrogens is 208 g/mol. The van der Waals surface area contributed by atoms with Gasteiger partial charge in [0.25, 0.3) is 0 Å². The van der Waals surface area contributed by atoms with Gasteiger partial charge in [-0.15, -0.1) is 0 Å². The maximum absolute atomic E-state index is 5.93. The van der Waals surface area contributed by atoms with Crippen molar-refractivity contribution in [2.75, 3.05) is 12.3 Å². The van der Waals surface area contributed by atoms with Gasteiger partial charge in [0, 0.05) is 11.2 Å². The average Bonchev–Trinajstić information content (AvgIpc) is 2.74. The van der Waals surface area contributed by atoms with Gasteiger partial charge in [0.2, 0.25) is 0 Å². The number of nitrogen functional groups attached to an aromatic ring is 1. The molecular formula is C15H24N2. The smallest absolute Gasteiger partial charge is 0.0346 e. The molecule has 2 heteroatoms. The highest BCUT2D eigenvalue weighted by Gasteiger charge is 2.27. The first kappa shape index (κ1) is 12.4. The van der Waals surface area contributed by atoms with Crippen LogP contribution in [0.2, 0.25) is 0 Å². The summed E-state index contributed by atoms with van der Waals surface area (Å²) >= 11 is 0. The second kappa shape index (κ2) is 5.54. The van der Waals surface area contributed by atoms with Crippen LogP contribution in [0.3, 0.4) is 0 Å². The summed E-state index contributed by atoms with van der Waals surface area (Å²) in [5.41, 5.74) is 8.55. The highest BCUT2D eigenvalue weighted by Crippen LogP contribution is 2.28. The largest absolute Gasteiger partial charge is 0.399 e. The van der Waals surface area contributed by atoms with Crippen LogP contribution in [0, 0.1) is 0 Å². The van der Waals surface area contributed by atoms with Crippen LogP contribution in [0.4, 0.5) is 5.69 Å². The molecule has 1 aromatic carbocycles. The number of benzene rings is 1. The van der Waals surface area contributed by atoms with Crippen molar-refractivity contribution < 1.29 is 0 Å². The van der Waals surface area contributed by atoms with Gasteiger partial charge in [-0.25, -0.2) is 0 Å². The first-order valence-electron chi connectivity index (χ1n) is 6.78. The van der Waals surface area contributed by atoms with E-state index < -0.39 is 0 Å². The minimum Gasteiger partial charge on any atom is -0.399 e. The van der Waals surface area contributed by atoms with E-state index in [1.54, 1.807) is 0 Å². The second-order valence-corrected chi connectivity index (χ2v) is 5.50. The summed E-state index contributed by atoms with van der Waals surface area (Å²) in [6, 6.07) is 8.18. The molecule has 0 unspecified atom stereocenters. The van der Waals surface area contributed by atoms with Crippen molar-refractivity contribution in [3.8, 4) is 0 Å². The number of aryl methyl sites for hydroxylation is 1. The van der Waals surface area contributed by atoms with Crippen molar-refractivity contribution in [2.45, 2.75) is 51.0 Å². The first-order valence-corrected chi connectivity index (χ1v) is 6.78. The molecule has 0 radical (unpaired) electrons. The quantitative estimate of drug-likeness (QED) is 0.604. The van der Waals surface area contributed by atoms with Gasteiger partial charge in [-0.3, -0.25) is 0 Å². The number of nitrogens with one attached hydrogen (secondary N) is 1. The molecule has 1 saturated carbocycles. The predicted molar refractivity (Wildman–Crippen MR) is 74.1 cm³/mol. The summed E-state index contributed by atoms with van der Waals surface area (Å²) in [6.07, 6.45) is 7.69. The molecule has 0 aliphatic heterocycles. The van der Waals surface area contributed by atoms with Gasteiger partial charge in [0.1, 0.15) is 0 Å². The van der Waals surface area contributed by atoms with Crippen LogP contribution >= 0.6 is 0 Å². The molecule has 94 valence electrons. The molecule has 0 saturated heterocycles. The molecule has 2 rings (SSSR count). The lowest BCUT2D eigenvalue weighted by Crippen LogP contribution is -2.40. The minimum absolute atomic E-state index is 0.405. The Balaban J connectivity index is 1.71. The number of nitrogens with two attached hydrogens (primary N) is 1. The summed E-state index contributed by atoms with van der Waals surface area (Å²) in [4.78, 5) is 0. The van der Waals surface area contributed by atoms with E-state index in [1.807, 2.05) is 12.1 Å². The van der Waals surface area contributed by atoms with Gasteiger partial charge in [-0.05, 0) is 50.8 Å². The molecule has 0 amide bonds. The zero-order valence-corrected chi connectivity index (χ0v) is 10.8. The van der Waals surface area contributed by atoms with Crippen molar-refractivity contribution in [3.63, 3.8) is 0 Å². The lowest BCUT2D eigenvalue weighted by atomic mass is 10.0. The van der Waals surface area contributed by atoms with Crippen LogP contribution in [0.15, 0.2) is 24.3 Å². The first-order chi connectivity index (χ1) is 8.20. The Morgan fingerprint density at radius 1 is 1.24 bits per heavy atom. The van der Waals surface area contributed by atoms with E-state index in [9.17, 15) is 0 Å². The van der Waals surface area contributed by atoms with Gasteiger partial charge >= 0.3 is 0 Å². The molecule has 0 atom stereocenters. The topological polar surface area (TPSA) is 38.0 Å². The standard InChI is InChI=1S/C15H24N2/c1-15(10-4-5-11-15)17-12-6-8-13-7-2-3-9-14(13)16/h2-3,7,9,17H,4-6,8,10-12,16H2,1H3. The third-order valence-electron chi connectivity index (χ3n) is 3.94. The monoisotopic (exact) mass is 232 g/mol. The Morgan fingerprint density at radius 2 is 1.94 bits per heavy atom. The fraction of sp³-hybridized carbons (Fsp3) is 0.600. The summed E-state index contributed by atoms with van der Waals surface area (Å²) in [7, 11) is 0. The van der Waals surface area contributed by atoms with Crippen LogP contribution in [-0.2, 0) is 6.42 Å². The van der Waals surface area contributed by atoms with Gasteiger partial charge in [0.15, 0.2) is 0 Å². The maximum atomic E-state index is 5.93. The number of para-hydroxylation sites is 1. The number of anilines is 1. The zero-order valence-electron chi connectivity index (χ0n) is 10.8. The van der Waals surface area contributed by atoms with Crippen molar-refractivity contribution >= 4 is 5.69 Å². The van der Waals surface area contributed by atoms with E-state index in [0.29, 0.717) is 5.54 Å². The van der Waals surface area contributed by atoms with Crippen molar-refractivity contribution in [3.05, 3.63) is 29.8 Å². The Hall–Kier alpha value is -1.02. The lowest BCUT2D eigenvalue weighted by Gasteiger charge is -2.25. The molecule has 1 fully saturated rings. The van der Waals surface area contributed by atoms with E-state index in [-0.39, 0.29) is 0 Å². The normalized spacial score (nSPS) is 18.4. The summed E-state index contributed by atoms with van der Waals surface area (Å²) < 4.78 is 0. The van der Waals surface area contributed by atoms with E-state index in [1.165, 1.54) is 37.7 Å². The number of hydrogen-bond donors (Lipinski definition) is 2. The molecule has 17 heavy (non-hydrogen) atoms. The Kier molecular flexibility index (Phi) is 4.06. The van der Waals surface area contributed by atoms with Gasteiger partial charge in [-0.1, -0.05) is 31.0 Å². The highest BCUT2D eigenvalue weighted by atomic mass is 15.0. The van der Waals surface area contributed by atoms with E-state index in [4.69, 9.17) is 5.73 Å². The molecule has 0 aromatic heterocycles. The van der Waals surface area contributed by atoms with Crippen molar-refractivity contribution in [1.29, 1.82) is 0 Å². The molecule has 0 spiro atoms.